The lowest BCUT2D eigenvalue weighted by Gasteiger charge is -2.24. The monoisotopic (exact) mass is 679 g/mol. The summed E-state index contributed by atoms with van der Waals surface area (Å²) in [5, 5.41) is 3.88. The average Bonchev–Trinajstić information content (AvgIpc) is 3.00. The van der Waals surface area contributed by atoms with Crippen LogP contribution in [-0.4, -0.2) is 33.7 Å². The van der Waals surface area contributed by atoms with Crippen molar-refractivity contribution in [3.8, 4) is 11.5 Å². The summed E-state index contributed by atoms with van der Waals surface area (Å²) in [5.41, 5.74) is 1.97. The van der Waals surface area contributed by atoms with Gasteiger partial charge in [-0.25, -0.2) is 13.8 Å². The third-order valence-electron chi connectivity index (χ3n) is 6.14. The van der Waals surface area contributed by atoms with Crippen LogP contribution in [0.4, 0.5) is 18.9 Å². The number of carbonyl (C=O) groups is 1. The number of hydrogen-bond donors (Lipinski definition) is 1. The van der Waals surface area contributed by atoms with Crippen LogP contribution in [0.2, 0.25) is 10.0 Å². The number of sulfonamides is 1. The highest BCUT2D eigenvalue weighted by atomic mass is 35.5. The number of halogens is 5. The molecule has 8 nitrogen and oxygen atoms in total. The van der Waals surface area contributed by atoms with E-state index in [0.717, 1.165) is 17.7 Å². The molecule has 0 atom stereocenters. The SMILES string of the molecule is CCOc1cc(/C=N\NC(=O)CN(c2ccc(Cl)c(C(F)(F)F)c2)S(=O)(=O)c2ccccc2)ccc1OCc1ccc(Cl)cc1. The second-order valence-electron chi connectivity index (χ2n) is 9.33. The molecule has 0 unspecified atom stereocenters. The number of alkyl halides is 3. The Morgan fingerprint density at radius 2 is 1.64 bits per heavy atom. The minimum Gasteiger partial charge on any atom is -0.490 e. The van der Waals surface area contributed by atoms with Gasteiger partial charge in [0.05, 0.1) is 34.0 Å². The van der Waals surface area contributed by atoms with Crippen molar-refractivity contribution in [2.75, 3.05) is 17.5 Å². The Labute approximate surface area is 268 Å². The van der Waals surface area contributed by atoms with Gasteiger partial charge in [0.25, 0.3) is 15.9 Å². The van der Waals surface area contributed by atoms with Gasteiger partial charge in [-0.2, -0.15) is 18.3 Å². The number of nitrogens with one attached hydrogen (secondary N) is 1. The Kier molecular flexibility index (Phi) is 11.0. The van der Waals surface area contributed by atoms with E-state index in [1.54, 1.807) is 43.3 Å². The topological polar surface area (TPSA) is 97.3 Å². The van der Waals surface area contributed by atoms with Crippen LogP contribution in [-0.2, 0) is 27.6 Å². The first-order chi connectivity index (χ1) is 21.4. The molecule has 0 aliphatic rings. The molecule has 0 fully saturated rings. The fraction of sp³-hybridized carbons (Fsp3) is 0.161. The molecule has 4 aromatic rings. The normalized spacial score (nSPS) is 11.8. The number of anilines is 1. The number of carbonyl (C=O) groups excluding carboxylic acids is 1. The van der Waals surface area contributed by atoms with Gasteiger partial charge in [0.2, 0.25) is 0 Å². The van der Waals surface area contributed by atoms with Crippen molar-refractivity contribution in [1.82, 2.24) is 5.43 Å². The van der Waals surface area contributed by atoms with E-state index < -0.39 is 44.9 Å². The number of benzene rings is 4. The molecule has 4 aromatic carbocycles. The summed E-state index contributed by atoms with van der Waals surface area (Å²) in [7, 11) is -4.47. The predicted octanol–water partition coefficient (Wildman–Crippen LogP) is 7.34. The Balaban J connectivity index is 1.52. The molecule has 0 spiro atoms. The molecule has 1 N–H and O–H groups in total. The van der Waals surface area contributed by atoms with E-state index in [1.165, 1.54) is 30.5 Å². The second kappa shape index (κ2) is 14.7. The molecule has 0 saturated heterocycles. The third kappa shape index (κ3) is 8.90. The van der Waals surface area contributed by atoms with E-state index >= 15 is 0 Å². The molecule has 0 aliphatic carbocycles. The van der Waals surface area contributed by atoms with Crippen molar-refractivity contribution < 1.29 is 35.9 Å². The lowest BCUT2D eigenvalue weighted by Crippen LogP contribution is -2.39. The average molecular weight is 681 g/mol. The van der Waals surface area contributed by atoms with Crippen LogP contribution in [0.1, 0.15) is 23.6 Å². The molecule has 14 heteroatoms. The first kappa shape index (κ1) is 33.6. The summed E-state index contributed by atoms with van der Waals surface area (Å²) in [6, 6.07) is 21.7. The van der Waals surface area contributed by atoms with E-state index in [9.17, 15) is 26.4 Å². The third-order valence-corrected chi connectivity index (χ3v) is 8.51. The van der Waals surface area contributed by atoms with E-state index in [4.69, 9.17) is 32.7 Å². The number of nitrogens with zero attached hydrogens (tertiary/aromatic N) is 2. The molecule has 0 radical (unpaired) electrons. The summed E-state index contributed by atoms with van der Waals surface area (Å²) in [6.45, 7) is 1.54. The van der Waals surface area contributed by atoms with Crippen molar-refractivity contribution in [2.24, 2.45) is 5.10 Å². The van der Waals surface area contributed by atoms with Crippen LogP contribution in [0.15, 0.2) is 101 Å². The number of rotatable bonds is 12. The summed E-state index contributed by atoms with van der Waals surface area (Å²) in [6.07, 6.45) is -3.57. The molecule has 0 heterocycles. The molecular formula is C31H26Cl2F3N3O5S. The van der Waals surface area contributed by atoms with E-state index in [1.807, 2.05) is 12.1 Å². The Morgan fingerprint density at radius 1 is 0.933 bits per heavy atom. The smallest absolute Gasteiger partial charge is 0.417 e. The van der Waals surface area contributed by atoms with E-state index in [2.05, 4.69) is 10.5 Å². The lowest BCUT2D eigenvalue weighted by atomic mass is 10.2. The van der Waals surface area contributed by atoms with Gasteiger partial charge in [0.1, 0.15) is 13.2 Å². The number of amides is 1. The van der Waals surface area contributed by atoms with Crippen LogP contribution in [0.25, 0.3) is 0 Å². The Morgan fingerprint density at radius 3 is 2.31 bits per heavy atom. The van der Waals surface area contributed by atoms with Gasteiger partial charge in [-0.15, -0.1) is 0 Å². The molecule has 0 bridgehead atoms. The largest absolute Gasteiger partial charge is 0.490 e. The maximum atomic E-state index is 13.6. The maximum Gasteiger partial charge on any atom is 0.417 e. The molecular weight excluding hydrogens is 654 g/mol. The summed E-state index contributed by atoms with van der Waals surface area (Å²) >= 11 is 11.7. The van der Waals surface area contributed by atoms with Crippen molar-refractivity contribution in [3.05, 3.63) is 118 Å². The van der Waals surface area contributed by atoms with Gasteiger partial charge in [0, 0.05) is 5.02 Å². The van der Waals surface area contributed by atoms with Crippen molar-refractivity contribution in [1.29, 1.82) is 0 Å². The molecule has 236 valence electrons. The van der Waals surface area contributed by atoms with Gasteiger partial charge < -0.3 is 9.47 Å². The van der Waals surface area contributed by atoms with E-state index in [-0.39, 0.29) is 11.5 Å². The van der Waals surface area contributed by atoms with Gasteiger partial charge >= 0.3 is 6.18 Å². The summed E-state index contributed by atoms with van der Waals surface area (Å²) in [5.74, 6) is -0.0248. The van der Waals surface area contributed by atoms with Gasteiger partial charge in [0.15, 0.2) is 11.5 Å². The van der Waals surface area contributed by atoms with Gasteiger partial charge in [-0.3, -0.25) is 9.10 Å². The molecule has 0 aromatic heterocycles. The summed E-state index contributed by atoms with van der Waals surface area (Å²) in [4.78, 5) is 12.6. The lowest BCUT2D eigenvalue weighted by molar-refractivity contribution is -0.137. The van der Waals surface area contributed by atoms with Crippen molar-refractivity contribution >= 4 is 51.0 Å². The first-order valence-corrected chi connectivity index (χ1v) is 15.5. The standard InChI is InChI=1S/C31H26Cl2F3N3O5S/c1-2-43-29-16-22(10-15-28(29)44-20-21-8-11-23(32)12-9-21)18-37-38-30(40)19-39(45(41,42)25-6-4-3-5-7-25)24-13-14-27(33)26(17-24)31(34,35)36/h3-18H,2,19-20H2,1H3,(H,38,40)/b37-18-. The predicted molar refractivity (Wildman–Crippen MR) is 167 cm³/mol. The fourth-order valence-corrected chi connectivity index (χ4v) is 5.78. The zero-order chi connectivity index (χ0) is 32.6. The minimum atomic E-state index is -4.86. The Bertz CT molecular complexity index is 1770. The maximum absolute atomic E-state index is 13.6. The zero-order valence-corrected chi connectivity index (χ0v) is 25.9. The first-order valence-electron chi connectivity index (χ1n) is 13.3. The van der Waals surface area contributed by atoms with Crippen molar-refractivity contribution in [2.45, 2.75) is 24.6 Å². The molecule has 0 saturated carbocycles. The highest BCUT2D eigenvalue weighted by molar-refractivity contribution is 7.92. The van der Waals surface area contributed by atoms with Crippen LogP contribution in [0.3, 0.4) is 0 Å². The van der Waals surface area contributed by atoms with E-state index in [0.29, 0.717) is 39.1 Å². The van der Waals surface area contributed by atoms with Crippen molar-refractivity contribution in [3.63, 3.8) is 0 Å². The van der Waals surface area contributed by atoms with Gasteiger partial charge in [-0.05, 0) is 78.7 Å². The minimum absolute atomic E-state index is 0.230. The van der Waals surface area contributed by atoms with Gasteiger partial charge in [-0.1, -0.05) is 53.5 Å². The fourth-order valence-electron chi connectivity index (χ4n) is 4.00. The molecule has 4 rings (SSSR count). The molecule has 1 amide bonds. The zero-order valence-electron chi connectivity index (χ0n) is 23.6. The molecule has 45 heavy (non-hydrogen) atoms. The number of hydrogen-bond acceptors (Lipinski definition) is 6. The number of hydrazone groups is 1. The quantitative estimate of drug-likeness (QED) is 0.125. The highest BCUT2D eigenvalue weighted by Gasteiger charge is 2.35. The van der Waals surface area contributed by atoms with Crippen LogP contribution in [0.5, 0.6) is 11.5 Å². The van der Waals surface area contributed by atoms with Crippen LogP contribution < -0.4 is 19.2 Å². The van der Waals surface area contributed by atoms with Crippen LogP contribution in [0, 0.1) is 0 Å². The number of ether oxygens (including phenoxy) is 2. The second-order valence-corrected chi connectivity index (χ2v) is 12.0. The molecule has 0 aliphatic heterocycles. The highest BCUT2D eigenvalue weighted by Crippen LogP contribution is 2.38. The van der Waals surface area contributed by atoms with Crippen LogP contribution >= 0.6 is 23.2 Å². The Hall–Kier alpha value is -4.26. The summed E-state index contributed by atoms with van der Waals surface area (Å²) < 4.78 is 79.7.